The van der Waals surface area contributed by atoms with Gasteiger partial charge in [-0.05, 0) is 31.4 Å². The Labute approximate surface area is 178 Å². The Morgan fingerprint density at radius 1 is 1.26 bits per heavy atom. The Morgan fingerprint density at radius 2 is 1.90 bits per heavy atom. The Morgan fingerprint density at radius 3 is 2.45 bits per heavy atom. The summed E-state index contributed by atoms with van der Waals surface area (Å²) in [7, 11) is 3.46. The molecule has 11 heteroatoms. The van der Waals surface area contributed by atoms with E-state index in [9.17, 15) is 22.8 Å². The van der Waals surface area contributed by atoms with E-state index in [-0.39, 0.29) is 24.3 Å². The molecule has 172 valence electrons. The van der Waals surface area contributed by atoms with E-state index in [4.69, 9.17) is 9.90 Å². The summed E-state index contributed by atoms with van der Waals surface area (Å²) in [5.41, 5.74) is 2.08. The van der Waals surface area contributed by atoms with Gasteiger partial charge in [0.25, 0.3) is 0 Å². The number of carbonyl (C=O) groups is 3. The van der Waals surface area contributed by atoms with Gasteiger partial charge in [-0.25, -0.2) is 4.79 Å². The number of aliphatic carboxylic acids is 1. The molecule has 2 saturated heterocycles. The molecule has 2 amide bonds. The van der Waals surface area contributed by atoms with Crippen LogP contribution < -0.4 is 0 Å². The van der Waals surface area contributed by atoms with E-state index in [0.717, 1.165) is 37.4 Å². The smallest absolute Gasteiger partial charge is 0.475 e. The van der Waals surface area contributed by atoms with Gasteiger partial charge in [0.2, 0.25) is 11.8 Å². The van der Waals surface area contributed by atoms with Crippen molar-refractivity contribution in [2.75, 3.05) is 40.3 Å². The summed E-state index contributed by atoms with van der Waals surface area (Å²) < 4.78 is 31.7. The number of likely N-dealkylation sites (tertiary alicyclic amines) is 2. The highest BCUT2D eigenvalue weighted by Crippen LogP contribution is 2.32. The highest BCUT2D eigenvalue weighted by atomic mass is 19.4. The highest BCUT2D eigenvalue weighted by Gasteiger charge is 2.43. The number of nitrogens with zero attached hydrogens (tertiary/aromatic N) is 4. The van der Waals surface area contributed by atoms with Crippen LogP contribution >= 0.6 is 0 Å². The number of aromatic nitrogens is 1. The molecule has 0 aromatic carbocycles. The van der Waals surface area contributed by atoms with Gasteiger partial charge in [0.1, 0.15) is 0 Å². The van der Waals surface area contributed by atoms with E-state index in [1.807, 2.05) is 25.1 Å². The van der Waals surface area contributed by atoms with Crippen LogP contribution in [0.25, 0.3) is 0 Å². The SMILES string of the molecule is Cc1cccc(CN2C[C@@H]3CCN(CC(=O)N(C)C)C(=O)[C@H]3C2)n1.O=C(O)C(F)(F)F. The summed E-state index contributed by atoms with van der Waals surface area (Å²) in [6.07, 6.45) is -4.10. The number of fused-ring (bicyclic) bond motifs is 1. The first kappa shape index (κ1) is 24.6. The minimum Gasteiger partial charge on any atom is -0.475 e. The van der Waals surface area contributed by atoms with Gasteiger partial charge >= 0.3 is 12.1 Å². The summed E-state index contributed by atoms with van der Waals surface area (Å²) in [6, 6.07) is 6.07. The monoisotopic (exact) mass is 444 g/mol. The zero-order chi connectivity index (χ0) is 23.3. The predicted molar refractivity (Wildman–Crippen MR) is 105 cm³/mol. The van der Waals surface area contributed by atoms with Crippen LogP contribution in [-0.2, 0) is 20.9 Å². The summed E-state index contributed by atoms with van der Waals surface area (Å²) in [5, 5.41) is 7.12. The average molecular weight is 444 g/mol. The van der Waals surface area contributed by atoms with Crippen molar-refractivity contribution in [2.24, 2.45) is 11.8 Å². The fraction of sp³-hybridized carbons (Fsp3) is 0.600. The van der Waals surface area contributed by atoms with E-state index in [2.05, 4.69) is 9.88 Å². The first-order valence-electron chi connectivity index (χ1n) is 9.82. The summed E-state index contributed by atoms with van der Waals surface area (Å²) in [4.78, 5) is 43.7. The normalized spacial score (nSPS) is 21.2. The second-order valence-corrected chi connectivity index (χ2v) is 7.97. The molecule has 1 aromatic rings. The van der Waals surface area contributed by atoms with Crippen LogP contribution in [0, 0.1) is 18.8 Å². The molecule has 1 aromatic heterocycles. The molecular formula is C20H27F3N4O4. The molecule has 2 aliphatic heterocycles. The van der Waals surface area contributed by atoms with E-state index < -0.39 is 12.1 Å². The third-order valence-electron chi connectivity index (χ3n) is 5.31. The fourth-order valence-electron chi connectivity index (χ4n) is 3.71. The second kappa shape index (κ2) is 10.1. The van der Waals surface area contributed by atoms with Crippen molar-refractivity contribution >= 4 is 17.8 Å². The maximum absolute atomic E-state index is 12.7. The summed E-state index contributed by atoms with van der Waals surface area (Å²) >= 11 is 0. The number of piperidine rings is 1. The molecule has 3 rings (SSSR count). The number of carboxylic acids is 1. The zero-order valence-electron chi connectivity index (χ0n) is 17.7. The number of likely N-dealkylation sites (N-methyl/N-ethyl adjacent to an activating group) is 1. The third kappa shape index (κ3) is 6.91. The minimum atomic E-state index is -5.08. The van der Waals surface area contributed by atoms with Crippen LogP contribution in [0.5, 0.6) is 0 Å². The molecule has 0 unspecified atom stereocenters. The van der Waals surface area contributed by atoms with Crippen LogP contribution in [0.2, 0.25) is 0 Å². The maximum atomic E-state index is 12.7. The molecule has 31 heavy (non-hydrogen) atoms. The van der Waals surface area contributed by atoms with Crippen molar-refractivity contribution in [3.05, 3.63) is 29.6 Å². The van der Waals surface area contributed by atoms with Gasteiger partial charge < -0.3 is 14.9 Å². The zero-order valence-corrected chi connectivity index (χ0v) is 17.7. The van der Waals surface area contributed by atoms with E-state index in [1.165, 1.54) is 0 Å². The Kier molecular flexibility index (Phi) is 7.99. The lowest BCUT2D eigenvalue weighted by molar-refractivity contribution is -0.192. The fourth-order valence-corrected chi connectivity index (χ4v) is 3.71. The number of carboxylic acid groups (broad SMARTS) is 1. The van der Waals surface area contributed by atoms with E-state index in [1.54, 1.807) is 23.9 Å². The standard InChI is InChI=1S/C18H26N4O2.C2HF3O2/c1-13-5-4-6-15(19-13)10-21-9-14-7-8-22(12-17(23)20(2)3)18(24)16(14)11-21;3-2(4,5)1(6)7/h4-6,14,16H,7-12H2,1-3H3;(H,6,7)/t14-,16-;/m0./s1. The van der Waals surface area contributed by atoms with Gasteiger partial charge in [0.05, 0.1) is 18.2 Å². The predicted octanol–water partition coefficient (Wildman–Crippen LogP) is 1.39. The molecule has 3 heterocycles. The third-order valence-corrected chi connectivity index (χ3v) is 5.31. The number of carbonyl (C=O) groups excluding carboxylic acids is 2. The average Bonchev–Trinajstić information content (AvgIpc) is 3.07. The number of amides is 2. The molecule has 8 nitrogen and oxygen atoms in total. The topological polar surface area (TPSA) is 94.0 Å². The Hall–Kier alpha value is -2.69. The Balaban J connectivity index is 0.000000423. The van der Waals surface area contributed by atoms with Crippen LogP contribution in [-0.4, -0.2) is 89.0 Å². The number of hydrogen-bond acceptors (Lipinski definition) is 5. The Bertz CT molecular complexity index is 816. The molecule has 2 aliphatic rings. The van der Waals surface area contributed by atoms with Gasteiger partial charge in [-0.2, -0.15) is 13.2 Å². The molecule has 0 bridgehead atoms. The van der Waals surface area contributed by atoms with Crippen molar-refractivity contribution in [1.29, 1.82) is 0 Å². The van der Waals surface area contributed by atoms with Gasteiger partial charge in [-0.1, -0.05) is 6.07 Å². The maximum Gasteiger partial charge on any atom is 0.490 e. The number of alkyl halides is 3. The van der Waals surface area contributed by atoms with Crippen LogP contribution in [0.4, 0.5) is 13.2 Å². The molecular weight excluding hydrogens is 417 g/mol. The van der Waals surface area contributed by atoms with Gasteiger partial charge in [-0.15, -0.1) is 0 Å². The van der Waals surface area contributed by atoms with Crippen molar-refractivity contribution < 1.29 is 32.7 Å². The second-order valence-electron chi connectivity index (χ2n) is 7.97. The number of halogens is 3. The van der Waals surface area contributed by atoms with Gasteiger partial charge in [-0.3, -0.25) is 19.5 Å². The molecule has 0 radical (unpaired) electrons. The number of aryl methyl sites for hydroxylation is 1. The lowest BCUT2D eigenvalue weighted by Crippen LogP contribution is -2.49. The summed E-state index contributed by atoms with van der Waals surface area (Å²) in [5.74, 6) is -2.19. The van der Waals surface area contributed by atoms with E-state index in [0.29, 0.717) is 12.5 Å². The molecule has 0 aliphatic carbocycles. The van der Waals surface area contributed by atoms with Crippen LogP contribution in [0.3, 0.4) is 0 Å². The lowest BCUT2D eigenvalue weighted by Gasteiger charge is -2.34. The highest BCUT2D eigenvalue weighted by molar-refractivity contribution is 5.86. The minimum absolute atomic E-state index is 0.0133. The van der Waals surface area contributed by atoms with Crippen molar-refractivity contribution in [2.45, 2.75) is 26.1 Å². The quantitative estimate of drug-likeness (QED) is 0.755. The largest absolute Gasteiger partial charge is 0.490 e. The first-order chi connectivity index (χ1) is 14.4. The molecule has 1 N–H and O–H groups in total. The number of hydrogen-bond donors (Lipinski definition) is 1. The molecule has 0 saturated carbocycles. The van der Waals surface area contributed by atoms with Crippen molar-refractivity contribution in [1.82, 2.24) is 19.7 Å². The number of rotatable bonds is 4. The lowest BCUT2D eigenvalue weighted by atomic mass is 9.88. The van der Waals surface area contributed by atoms with Crippen LogP contribution in [0.15, 0.2) is 18.2 Å². The van der Waals surface area contributed by atoms with E-state index >= 15 is 0 Å². The summed E-state index contributed by atoms with van der Waals surface area (Å²) in [6.45, 7) is 5.40. The van der Waals surface area contributed by atoms with Crippen molar-refractivity contribution in [3.63, 3.8) is 0 Å². The molecule has 2 atom stereocenters. The van der Waals surface area contributed by atoms with Crippen LogP contribution in [0.1, 0.15) is 17.8 Å². The number of pyridine rings is 1. The molecule has 2 fully saturated rings. The van der Waals surface area contributed by atoms with Gasteiger partial charge in [0, 0.05) is 46.0 Å². The first-order valence-corrected chi connectivity index (χ1v) is 9.82. The molecule has 0 spiro atoms. The van der Waals surface area contributed by atoms with Gasteiger partial charge in [0.15, 0.2) is 0 Å². The van der Waals surface area contributed by atoms with Crippen molar-refractivity contribution in [3.8, 4) is 0 Å².